The molecule has 24 heavy (non-hydrogen) atoms. The van der Waals surface area contributed by atoms with Crippen molar-refractivity contribution in [2.75, 3.05) is 4.72 Å². The van der Waals surface area contributed by atoms with Crippen LogP contribution in [0.15, 0.2) is 35.3 Å². The van der Waals surface area contributed by atoms with Gasteiger partial charge in [0.15, 0.2) is 11.6 Å². The molecule has 0 heterocycles. The summed E-state index contributed by atoms with van der Waals surface area (Å²) in [4.78, 5) is 3.81. The van der Waals surface area contributed by atoms with E-state index < -0.39 is 13.0 Å². The molecule has 2 aromatic rings. The van der Waals surface area contributed by atoms with Gasteiger partial charge in [-0.15, -0.1) is 0 Å². The quantitative estimate of drug-likeness (QED) is 0.412. The van der Waals surface area contributed by atoms with Gasteiger partial charge in [-0.3, -0.25) is 9.71 Å². The number of nitrogens with one attached hydrogen (secondary N) is 1. The Kier molecular flexibility index (Phi) is 5.40. The van der Waals surface area contributed by atoms with Crippen LogP contribution in [0.25, 0.3) is 0 Å². The van der Waals surface area contributed by atoms with Crippen molar-refractivity contribution >= 4 is 46.5 Å². The summed E-state index contributed by atoms with van der Waals surface area (Å²) in [5.74, 6) is -0.863. The molecule has 0 bridgehead atoms. The fourth-order valence-corrected chi connectivity index (χ4v) is 3.12. The predicted molar refractivity (Wildman–Crippen MR) is 98.1 cm³/mol. The number of nitrogens with zero attached hydrogens (tertiary/aromatic N) is 2. The molecule has 6 nitrogen and oxygen atoms in total. The number of hydrogen-bond acceptors (Lipinski definition) is 5. The van der Waals surface area contributed by atoms with Crippen molar-refractivity contribution in [3.63, 3.8) is 0 Å². The van der Waals surface area contributed by atoms with Gasteiger partial charge in [0, 0.05) is 0 Å². The van der Waals surface area contributed by atoms with Crippen molar-refractivity contribution in [2.45, 2.75) is 6.92 Å². The van der Waals surface area contributed by atoms with E-state index in [0.29, 0.717) is 5.69 Å². The Balaban J connectivity index is 2.50. The van der Waals surface area contributed by atoms with Crippen LogP contribution in [0.1, 0.15) is 11.1 Å². The number of rotatable bonds is 5. The van der Waals surface area contributed by atoms with Gasteiger partial charge >= 0.3 is 0 Å². The number of aryl methyl sites for hydroxylation is 1. The van der Waals surface area contributed by atoms with E-state index in [1.807, 2.05) is 0 Å². The van der Waals surface area contributed by atoms with Gasteiger partial charge in [-0.05, 0) is 49.5 Å². The largest absolute Gasteiger partial charge is 0.453 e. The minimum atomic E-state index is -3.66. The maximum atomic E-state index is 14.1. The number of aliphatic imine (C=N–C) groups is 1. The van der Waals surface area contributed by atoms with Crippen LogP contribution in [-0.2, 0) is 7.19 Å². The van der Waals surface area contributed by atoms with Crippen molar-refractivity contribution in [3.05, 3.63) is 47.3 Å². The molecule has 0 aliphatic heterocycles. The molecule has 2 aromatic carbocycles. The standard InChI is InChI=1S/C15H11FIN3O3S/c1-9-7-10(3-5-13(9)19-2)23-15-11(8-18)14(6-4-12(15)16)20-24(17,21)22/h3-7,20H,2H2,1H3. The van der Waals surface area contributed by atoms with E-state index in [9.17, 15) is 18.1 Å². The zero-order valence-corrected chi connectivity index (χ0v) is 15.4. The highest BCUT2D eigenvalue weighted by molar-refractivity contribution is 14.2. The Morgan fingerprint density at radius 2 is 2.08 bits per heavy atom. The normalized spacial score (nSPS) is 10.8. The predicted octanol–water partition coefficient (Wildman–Crippen LogP) is 4.22. The molecule has 0 aliphatic carbocycles. The van der Waals surface area contributed by atoms with Gasteiger partial charge in [0.2, 0.25) is 0 Å². The second-order valence-electron chi connectivity index (χ2n) is 4.66. The lowest BCUT2D eigenvalue weighted by Gasteiger charge is -2.13. The lowest BCUT2D eigenvalue weighted by molar-refractivity contribution is 0.441. The smallest absolute Gasteiger partial charge is 0.286 e. The lowest BCUT2D eigenvalue weighted by atomic mass is 10.1. The first-order chi connectivity index (χ1) is 11.2. The van der Waals surface area contributed by atoms with Gasteiger partial charge in [-0.2, -0.15) is 13.7 Å². The summed E-state index contributed by atoms with van der Waals surface area (Å²) in [6.45, 7) is 5.21. The van der Waals surface area contributed by atoms with E-state index in [4.69, 9.17) is 4.74 Å². The summed E-state index contributed by atoms with van der Waals surface area (Å²) in [5.41, 5.74) is 1.09. The van der Waals surface area contributed by atoms with Crippen molar-refractivity contribution in [1.82, 2.24) is 0 Å². The molecule has 0 spiro atoms. The molecule has 0 fully saturated rings. The summed E-state index contributed by atoms with van der Waals surface area (Å²) >= 11 is 1.17. The van der Waals surface area contributed by atoms with Gasteiger partial charge in [0.1, 0.15) is 17.4 Å². The van der Waals surface area contributed by atoms with Crippen LogP contribution in [0, 0.1) is 24.1 Å². The third kappa shape index (κ3) is 4.21. The molecule has 1 N–H and O–H groups in total. The Morgan fingerprint density at radius 1 is 1.38 bits per heavy atom. The molecule has 124 valence electrons. The van der Waals surface area contributed by atoms with Gasteiger partial charge in [0.25, 0.3) is 7.19 Å². The first-order valence-corrected chi connectivity index (χ1v) is 10.5. The summed E-state index contributed by atoms with van der Waals surface area (Å²) in [7, 11) is -3.66. The van der Waals surface area contributed by atoms with Crippen molar-refractivity contribution in [3.8, 4) is 17.6 Å². The Morgan fingerprint density at radius 3 is 2.62 bits per heavy atom. The fourth-order valence-electron chi connectivity index (χ4n) is 1.97. The first kappa shape index (κ1) is 18.2. The minimum Gasteiger partial charge on any atom is -0.453 e. The second kappa shape index (κ2) is 7.14. The highest BCUT2D eigenvalue weighted by atomic mass is 127. The van der Waals surface area contributed by atoms with Crippen LogP contribution >= 0.6 is 21.2 Å². The highest BCUT2D eigenvalue weighted by Crippen LogP contribution is 2.35. The Labute approximate surface area is 150 Å². The molecule has 9 heteroatoms. The molecule has 0 atom stereocenters. The van der Waals surface area contributed by atoms with E-state index in [2.05, 4.69) is 16.4 Å². The maximum Gasteiger partial charge on any atom is 0.286 e. The van der Waals surface area contributed by atoms with Gasteiger partial charge in [-0.1, -0.05) is 0 Å². The summed E-state index contributed by atoms with van der Waals surface area (Å²) in [5, 5.41) is 9.28. The molecule has 0 unspecified atom stereocenters. The zero-order chi connectivity index (χ0) is 17.9. The Hall–Kier alpha value is -2.19. The van der Waals surface area contributed by atoms with Crippen LogP contribution in [0.5, 0.6) is 11.5 Å². The molecule has 0 aromatic heterocycles. The van der Waals surface area contributed by atoms with Gasteiger partial charge in [-0.25, -0.2) is 4.39 Å². The minimum absolute atomic E-state index is 0.0654. The number of anilines is 1. The van der Waals surface area contributed by atoms with E-state index in [-0.39, 0.29) is 22.7 Å². The zero-order valence-electron chi connectivity index (χ0n) is 12.4. The van der Waals surface area contributed by atoms with Crippen LogP contribution in [0.3, 0.4) is 0 Å². The third-order valence-electron chi connectivity index (χ3n) is 3.01. The van der Waals surface area contributed by atoms with Gasteiger partial charge < -0.3 is 4.74 Å². The third-order valence-corrected chi connectivity index (χ3v) is 4.14. The average molecular weight is 459 g/mol. The second-order valence-corrected chi connectivity index (χ2v) is 9.22. The van der Waals surface area contributed by atoms with E-state index in [0.717, 1.165) is 17.7 Å². The lowest BCUT2D eigenvalue weighted by Crippen LogP contribution is -2.06. The van der Waals surface area contributed by atoms with Crippen LogP contribution in [0.2, 0.25) is 0 Å². The summed E-state index contributed by atoms with van der Waals surface area (Å²) in [6.07, 6.45) is 0. The van der Waals surface area contributed by atoms with Gasteiger partial charge in [0.05, 0.1) is 32.6 Å². The van der Waals surface area contributed by atoms with E-state index in [1.165, 1.54) is 21.2 Å². The number of halogens is 2. The monoisotopic (exact) mass is 459 g/mol. The molecular formula is C15H11FIN3O3S. The molecule has 0 radical (unpaired) electrons. The SMILES string of the molecule is C=Nc1ccc(Oc2c(F)ccc(NS(=O)(=O)I)c2C#N)cc1C. The van der Waals surface area contributed by atoms with E-state index >= 15 is 0 Å². The van der Waals surface area contributed by atoms with Crippen molar-refractivity contribution in [2.24, 2.45) is 4.99 Å². The van der Waals surface area contributed by atoms with Crippen LogP contribution < -0.4 is 9.46 Å². The molecule has 0 saturated heterocycles. The molecule has 0 amide bonds. The number of hydrogen-bond donors (Lipinski definition) is 1. The van der Waals surface area contributed by atoms with Crippen molar-refractivity contribution in [1.29, 1.82) is 5.26 Å². The van der Waals surface area contributed by atoms with E-state index in [1.54, 1.807) is 31.2 Å². The molecular weight excluding hydrogens is 448 g/mol. The maximum absolute atomic E-state index is 14.1. The number of benzene rings is 2. The topological polar surface area (TPSA) is 91.5 Å². The van der Waals surface area contributed by atoms with Crippen molar-refractivity contribution < 1.29 is 17.5 Å². The first-order valence-electron chi connectivity index (χ1n) is 6.45. The van der Waals surface area contributed by atoms with Crippen LogP contribution in [0.4, 0.5) is 15.8 Å². The Bertz CT molecular complexity index is 955. The molecule has 0 aliphatic rings. The molecule has 2 rings (SSSR count). The number of nitriles is 1. The fraction of sp³-hybridized carbons (Fsp3) is 0.0667. The summed E-state index contributed by atoms with van der Waals surface area (Å²) < 4.78 is 44.4. The highest BCUT2D eigenvalue weighted by Gasteiger charge is 2.18. The van der Waals surface area contributed by atoms with Crippen LogP contribution in [-0.4, -0.2) is 15.1 Å². The molecule has 0 saturated carbocycles. The summed E-state index contributed by atoms with van der Waals surface area (Å²) in [6, 6.07) is 8.74. The number of ether oxygens (including phenoxy) is 1. The average Bonchev–Trinajstić information content (AvgIpc) is 2.49.